The number of rotatable bonds is 4. The molecule has 1 unspecified atom stereocenters. The Balaban J connectivity index is 1.85. The number of nitrogens with one attached hydrogen (secondary N) is 1. The third-order valence-electron chi connectivity index (χ3n) is 7.10. The van der Waals surface area contributed by atoms with E-state index in [2.05, 4.69) is 11.4 Å². The zero-order valence-corrected chi connectivity index (χ0v) is 22.9. The number of hydrogen-bond donors (Lipinski definition) is 2. The number of piperazine rings is 1. The Morgan fingerprint density at radius 2 is 1.92 bits per heavy atom. The molecule has 1 fully saturated rings. The standard InChI is InChI=1S/C29H43N3O5/c1-20-9-11-25(33)19-27(34)37-28(22(3)17-23-7-6-8-24(18-23)31(4)5)21(2)10-12-26(20)36-29(35)32-15-13-30-14-16-32/h6-8,10,12,17-18,20-21,25-26,28,30,33H,9,11,13-16,19H2,1-5H3/b12-10+,22-17+/t20-,21-,25+,26-,28?/m0/s1. The summed E-state index contributed by atoms with van der Waals surface area (Å²) in [5.41, 5.74) is 2.99. The van der Waals surface area contributed by atoms with Gasteiger partial charge in [-0.1, -0.05) is 38.1 Å². The number of carbonyl (C=O) groups is 2. The highest BCUT2D eigenvalue weighted by atomic mass is 16.6. The molecule has 0 aliphatic carbocycles. The summed E-state index contributed by atoms with van der Waals surface area (Å²) < 4.78 is 11.8. The minimum absolute atomic E-state index is 0.00993. The molecule has 8 nitrogen and oxygen atoms in total. The van der Waals surface area contributed by atoms with Crippen LogP contribution in [-0.2, 0) is 14.3 Å². The van der Waals surface area contributed by atoms with Gasteiger partial charge in [0.1, 0.15) is 12.2 Å². The molecule has 3 rings (SSSR count). The fourth-order valence-electron chi connectivity index (χ4n) is 4.73. The molecular formula is C29H43N3O5. The summed E-state index contributed by atoms with van der Waals surface area (Å²) in [5, 5.41) is 13.7. The molecule has 2 N–H and O–H groups in total. The van der Waals surface area contributed by atoms with Crippen LogP contribution in [0.3, 0.4) is 0 Å². The van der Waals surface area contributed by atoms with Crippen LogP contribution >= 0.6 is 0 Å². The van der Waals surface area contributed by atoms with Crippen LogP contribution in [0.5, 0.6) is 0 Å². The van der Waals surface area contributed by atoms with Crippen molar-refractivity contribution in [2.24, 2.45) is 11.8 Å². The minimum Gasteiger partial charge on any atom is -0.457 e. The lowest BCUT2D eigenvalue weighted by atomic mass is 9.91. The lowest BCUT2D eigenvalue weighted by Gasteiger charge is -2.31. The van der Waals surface area contributed by atoms with Crippen LogP contribution in [0.2, 0.25) is 0 Å². The Labute approximate surface area is 221 Å². The van der Waals surface area contributed by atoms with Crippen LogP contribution in [0.25, 0.3) is 6.08 Å². The van der Waals surface area contributed by atoms with Gasteiger partial charge in [0.25, 0.3) is 0 Å². The van der Waals surface area contributed by atoms with Gasteiger partial charge in [-0.3, -0.25) is 4.79 Å². The first-order valence-electron chi connectivity index (χ1n) is 13.3. The van der Waals surface area contributed by atoms with Crippen molar-refractivity contribution < 1.29 is 24.2 Å². The molecule has 0 saturated carbocycles. The molecule has 1 aromatic carbocycles. The number of aliphatic hydroxyl groups is 1. The number of esters is 1. The highest BCUT2D eigenvalue weighted by Crippen LogP contribution is 2.26. The Hall–Kier alpha value is -2.84. The smallest absolute Gasteiger partial charge is 0.410 e. The van der Waals surface area contributed by atoms with Gasteiger partial charge in [-0.25, -0.2) is 4.79 Å². The monoisotopic (exact) mass is 513 g/mol. The lowest BCUT2D eigenvalue weighted by molar-refractivity contribution is -0.151. The van der Waals surface area contributed by atoms with Crippen molar-refractivity contribution in [1.29, 1.82) is 0 Å². The third-order valence-corrected chi connectivity index (χ3v) is 7.10. The predicted octanol–water partition coefficient (Wildman–Crippen LogP) is 3.85. The topological polar surface area (TPSA) is 91.3 Å². The molecule has 8 heteroatoms. The second-order valence-electron chi connectivity index (χ2n) is 10.5. The van der Waals surface area contributed by atoms with Crippen molar-refractivity contribution in [1.82, 2.24) is 10.2 Å². The van der Waals surface area contributed by atoms with Gasteiger partial charge in [0.05, 0.1) is 12.5 Å². The van der Waals surface area contributed by atoms with E-state index < -0.39 is 24.3 Å². The van der Waals surface area contributed by atoms with E-state index in [9.17, 15) is 14.7 Å². The molecular weight excluding hydrogens is 470 g/mol. The molecule has 37 heavy (non-hydrogen) atoms. The fourth-order valence-corrected chi connectivity index (χ4v) is 4.73. The average Bonchev–Trinajstić information content (AvgIpc) is 2.87. The number of benzene rings is 1. The zero-order chi connectivity index (χ0) is 26.9. The molecule has 2 aliphatic rings. The van der Waals surface area contributed by atoms with Crippen LogP contribution < -0.4 is 10.2 Å². The molecule has 2 heterocycles. The van der Waals surface area contributed by atoms with Gasteiger partial charge in [-0.15, -0.1) is 0 Å². The number of ether oxygens (including phenoxy) is 2. The minimum atomic E-state index is -0.806. The SMILES string of the molecule is C/C(=C\c1cccc(N(C)C)c1)C1OC(=O)C[C@H](O)CC[C@H](C)[C@@H](OC(=O)N2CCNCC2)/C=C/[C@@H]1C. The number of amides is 1. The van der Waals surface area contributed by atoms with E-state index in [-0.39, 0.29) is 24.3 Å². The summed E-state index contributed by atoms with van der Waals surface area (Å²) >= 11 is 0. The van der Waals surface area contributed by atoms with E-state index in [1.807, 2.05) is 76.2 Å². The number of nitrogens with zero attached hydrogens (tertiary/aromatic N) is 2. The lowest BCUT2D eigenvalue weighted by Crippen LogP contribution is -2.47. The van der Waals surface area contributed by atoms with E-state index in [1.165, 1.54) is 0 Å². The van der Waals surface area contributed by atoms with Gasteiger partial charge >= 0.3 is 12.1 Å². The quantitative estimate of drug-likeness (QED) is 0.467. The van der Waals surface area contributed by atoms with Crippen molar-refractivity contribution in [3.05, 3.63) is 47.6 Å². The first-order chi connectivity index (χ1) is 17.6. The summed E-state index contributed by atoms with van der Waals surface area (Å²) in [6.45, 7) is 8.71. The molecule has 1 aromatic rings. The fraction of sp³-hybridized carbons (Fsp3) is 0.586. The first-order valence-corrected chi connectivity index (χ1v) is 13.3. The van der Waals surface area contributed by atoms with E-state index in [4.69, 9.17) is 9.47 Å². The summed E-state index contributed by atoms with van der Waals surface area (Å²) in [5.74, 6) is -0.590. The zero-order valence-electron chi connectivity index (χ0n) is 22.9. The Bertz CT molecular complexity index is 970. The molecule has 0 spiro atoms. The van der Waals surface area contributed by atoms with Crippen molar-refractivity contribution in [2.45, 2.75) is 58.3 Å². The van der Waals surface area contributed by atoms with Crippen LogP contribution in [0, 0.1) is 11.8 Å². The summed E-state index contributed by atoms with van der Waals surface area (Å²) in [4.78, 5) is 29.3. The molecule has 1 amide bonds. The number of carbonyl (C=O) groups excluding carboxylic acids is 2. The second kappa shape index (κ2) is 13.6. The van der Waals surface area contributed by atoms with Crippen LogP contribution in [0.15, 0.2) is 42.0 Å². The summed E-state index contributed by atoms with van der Waals surface area (Å²) in [7, 11) is 3.99. The van der Waals surface area contributed by atoms with Gasteiger partial charge in [0, 0.05) is 51.9 Å². The maximum absolute atomic E-state index is 12.8. The molecule has 1 saturated heterocycles. The molecule has 0 aromatic heterocycles. The van der Waals surface area contributed by atoms with Crippen molar-refractivity contribution in [3.8, 4) is 0 Å². The maximum atomic E-state index is 12.8. The number of aliphatic hydroxyl groups excluding tert-OH is 1. The number of anilines is 1. The van der Waals surface area contributed by atoms with E-state index >= 15 is 0 Å². The normalized spacial score (nSPS) is 28.9. The van der Waals surface area contributed by atoms with Gasteiger partial charge in [0.15, 0.2) is 0 Å². The van der Waals surface area contributed by atoms with Crippen molar-refractivity contribution >= 4 is 23.8 Å². The van der Waals surface area contributed by atoms with Gasteiger partial charge in [-0.2, -0.15) is 0 Å². The van der Waals surface area contributed by atoms with Crippen molar-refractivity contribution in [2.75, 3.05) is 45.2 Å². The van der Waals surface area contributed by atoms with Gasteiger partial charge < -0.3 is 29.7 Å². The van der Waals surface area contributed by atoms with Crippen molar-refractivity contribution in [3.63, 3.8) is 0 Å². The molecule has 2 aliphatic heterocycles. The van der Waals surface area contributed by atoms with Crippen LogP contribution in [-0.4, -0.2) is 80.7 Å². The maximum Gasteiger partial charge on any atom is 0.410 e. The third kappa shape index (κ3) is 8.61. The molecule has 0 radical (unpaired) electrons. The van der Waals surface area contributed by atoms with Crippen LogP contribution in [0.1, 0.15) is 45.6 Å². The Morgan fingerprint density at radius 3 is 2.62 bits per heavy atom. The summed E-state index contributed by atoms with van der Waals surface area (Å²) in [6, 6.07) is 8.14. The van der Waals surface area contributed by atoms with E-state index in [0.29, 0.717) is 25.9 Å². The Morgan fingerprint density at radius 1 is 1.19 bits per heavy atom. The molecule has 5 atom stereocenters. The van der Waals surface area contributed by atoms with Gasteiger partial charge in [0.2, 0.25) is 0 Å². The van der Waals surface area contributed by atoms with E-state index in [1.54, 1.807) is 4.90 Å². The van der Waals surface area contributed by atoms with Crippen LogP contribution in [0.4, 0.5) is 10.5 Å². The first kappa shape index (κ1) is 28.7. The molecule has 0 bridgehead atoms. The van der Waals surface area contributed by atoms with Gasteiger partial charge in [-0.05, 0) is 55.0 Å². The number of cyclic esters (lactones) is 1. The molecule has 204 valence electrons. The average molecular weight is 514 g/mol. The second-order valence-corrected chi connectivity index (χ2v) is 10.5. The summed E-state index contributed by atoms with van der Waals surface area (Å²) in [6.07, 6.45) is 4.85. The number of hydrogen-bond acceptors (Lipinski definition) is 7. The largest absolute Gasteiger partial charge is 0.457 e. The Kier molecular flexibility index (Phi) is 10.6. The van der Waals surface area contributed by atoms with E-state index in [0.717, 1.165) is 29.9 Å². The highest BCUT2D eigenvalue weighted by Gasteiger charge is 2.28. The predicted molar refractivity (Wildman–Crippen MR) is 146 cm³/mol. The highest BCUT2D eigenvalue weighted by molar-refractivity contribution is 5.71.